The van der Waals surface area contributed by atoms with Gasteiger partial charge in [0.15, 0.2) is 5.82 Å². The molecule has 0 fully saturated rings. The van der Waals surface area contributed by atoms with Gasteiger partial charge in [-0.3, -0.25) is 0 Å². The molecule has 0 heterocycles. The van der Waals surface area contributed by atoms with Gasteiger partial charge in [-0.05, 0) is 12.1 Å². The first-order valence-corrected chi connectivity index (χ1v) is 3.79. The summed E-state index contributed by atoms with van der Waals surface area (Å²) in [6, 6.07) is 2.47. The van der Waals surface area contributed by atoms with Crippen LogP contribution in [0, 0.1) is 5.82 Å². The molecule has 5 heteroatoms. The van der Waals surface area contributed by atoms with Crippen molar-refractivity contribution in [3.05, 3.63) is 28.0 Å². The van der Waals surface area contributed by atoms with E-state index in [4.69, 9.17) is 10.8 Å². The Morgan fingerprint density at radius 1 is 1.58 bits per heavy atom. The Hall–Kier alpha value is -1.10. The lowest BCUT2D eigenvalue weighted by atomic mass is 10.2. The molecule has 0 aliphatic rings. The van der Waals surface area contributed by atoms with E-state index in [1.807, 2.05) is 0 Å². The smallest absolute Gasteiger partial charge is 0.338 e. The van der Waals surface area contributed by atoms with Crippen molar-refractivity contribution in [2.75, 3.05) is 5.73 Å². The first-order chi connectivity index (χ1) is 5.52. The lowest BCUT2D eigenvalue weighted by Crippen LogP contribution is -2.03. The molecule has 0 saturated heterocycles. The van der Waals surface area contributed by atoms with E-state index < -0.39 is 17.3 Å². The zero-order chi connectivity index (χ0) is 9.30. The number of rotatable bonds is 1. The van der Waals surface area contributed by atoms with Crippen LogP contribution in [0.25, 0.3) is 0 Å². The zero-order valence-corrected chi connectivity index (χ0v) is 7.43. The molecule has 3 nitrogen and oxygen atoms in total. The monoisotopic (exact) mass is 233 g/mol. The predicted molar refractivity (Wildman–Crippen MR) is 45.5 cm³/mol. The van der Waals surface area contributed by atoms with Crippen molar-refractivity contribution in [1.29, 1.82) is 0 Å². The summed E-state index contributed by atoms with van der Waals surface area (Å²) in [6.07, 6.45) is 0. The number of hydrogen-bond acceptors (Lipinski definition) is 2. The molecule has 1 rings (SSSR count). The molecule has 1 aromatic carbocycles. The first kappa shape index (κ1) is 8.99. The lowest BCUT2D eigenvalue weighted by molar-refractivity contribution is 0.0692. The van der Waals surface area contributed by atoms with Crippen LogP contribution in [0.1, 0.15) is 10.4 Å². The fraction of sp³-hybridized carbons (Fsp3) is 0. The van der Waals surface area contributed by atoms with Crippen molar-refractivity contribution in [3.8, 4) is 0 Å². The summed E-state index contributed by atoms with van der Waals surface area (Å²) in [4.78, 5) is 10.4. The summed E-state index contributed by atoms with van der Waals surface area (Å²) >= 11 is 3.01. The van der Waals surface area contributed by atoms with Crippen molar-refractivity contribution in [2.45, 2.75) is 0 Å². The van der Waals surface area contributed by atoms with Gasteiger partial charge in [0.05, 0.1) is 11.3 Å². The van der Waals surface area contributed by atoms with Gasteiger partial charge < -0.3 is 10.8 Å². The molecule has 0 aliphatic heterocycles. The number of aromatic carboxylic acids is 1. The maximum atomic E-state index is 12.9. The molecule has 0 atom stereocenters. The van der Waals surface area contributed by atoms with Crippen LogP contribution in [0.2, 0.25) is 0 Å². The van der Waals surface area contributed by atoms with Crippen LogP contribution in [0.3, 0.4) is 0 Å². The topological polar surface area (TPSA) is 63.3 Å². The molecule has 12 heavy (non-hydrogen) atoms. The summed E-state index contributed by atoms with van der Waals surface area (Å²) in [5, 5.41) is 8.50. The predicted octanol–water partition coefficient (Wildman–Crippen LogP) is 1.87. The van der Waals surface area contributed by atoms with Crippen molar-refractivity contribution < 1.29 is 14.3 Å². The number of carbonyl (C=O) groups is 1. The molecule has 0 aromatic heterocycles. The number of carboxylic acid groups (broad SMARTS) is 1. The van der Waals surface area contributed by atoms with Gasteiger partial charge in [-0.15, -0.1) is 0 Å². The molecule has 0 aliphatic carbocycles. The zero-order valence-electron chi connectivity index (χ0n) is 5.84. The van der Waals surface area contributed by atoms with E-state index in [-0.39, 0.29) is 5.69 Å². The summed E-state index contributed by atoms with van der Waals surface area (Å²) < 4.78 is 13.3. The number of nitrogens with two attached hydrogens (primary N) is 1. The van der Waals surface area contributed by atoms with Gasteiger partial charge in [0.1, 0.15) is 0 Å². The van der Waals surface area contributed by atoms with Gasteiger partial charge in [-0.1, -0.05) is 15.9 Å². The Bertz CT molecular complexity index is 340. The number of carboxylic acids is 1. The Morgan fingerprint density at radius 2 is 2.17 bits per heavy atom. The van der Waals surface area contributed by atoms with Gasteiger partial charge in [-0.2, -0.15) is 0 Å². The Balaban J connectivity index is 3.37. The van der Waals surface area contributed by atoms with Crippen LogP contribution in [-0.4, -0.2) is 11.1 Å². The van der Waals surface area contributed by atoms with E-state index in [0.29, 0.717) is 4.47 Å². The summed E-state index contributed by atoms with van der Waals surface area (Å²) in [7, 11) is 0. The highest BCUT2D eigenvalue weighted by Crippen LogP contribution is 2.21. The maximum Gasteiger partial charge on any atom is 0.338 e. The second-order valence-corrected chi connectivity index (χ2v) is 3.08. The molecule has 0 bridgehead atoms. The van der Waals surface area contributed by atoms with Crippen molar-refractivity contribution in [1.82, 2.24) is 0 Å². The standard InChI is InChI=1S/C7H5BrFNO2/c8-3-1-4(7(11)12)6(9)5(10)2-3/h1-2H,10H2,(H,11,12). The van der Waals surface area contributed by atoms with Crippen molar-refractivity contribution in [2.24, 2.45) is 0 Å². The molecule has 1 aromatic rings. The van der Waals surface area contributed by atoms with Gasteiger partial charge in [0.25, 0.3) is 0 Å². The van der Waals surface area contributed by atoms with E-state index in [0.717, 1.165) is 6.07 Å². The van der Waals surface area contributed by atoms with E-state index >= 15 is 0 Å². The molecule has 0 spiro atoms. The molecular formula is C7H5BrFNO2. The van der Waals surface area contributed by atoms with Crippen molar-refractivity contribution in [3.63, 3.8) is 0 Å². The fourth-order valence-electron chi connectivity index (χ4n) is 0.766. The van der Waals surface area contributed by atoms with E-state index in [1.165, 1.54) is 6.07 Å². The molecule has 3 N–H and O–H groups in total. The average molecular weight is 234 g/mol. The summed E-state index contributed by atoms with van der Waals surface area (Å²) in [5.41, 5.74) is 4.58. The minimum Gasteiger partial charge on any atom is -0.478 e. The minimum atomic E-state index is -1.33. The van der Waals surface area contributed by atoms with Gasteiger partial charge in [0.2, 0.25) is 0 Å². The van der Waals surface area contributed by atoms with E-state index in [9.17, 15) is 9.18 Å². The van der Waals surface area contributed by atoms with Gasteiger partial charge in [-0.25, -0.2) is 9.18 Å². The van der Waals surface area contributed by atoms with Crippen LogP contribution in [0.4, 0.5) is 10.1 Å². The third kappa shape index (κ3) is 1.55. The fourth-order valence-corrected chi connectivity index (χ4v) is 1.24. The molecule has 0 saturated carbocycles. The third-order valence-corrected chi connectivity index (χ3v) is 1.75. The number of anilines is 1. The summed E-state index contributed by atoms with van der Waals surface area (Å²) in [5.74, 6) is -2.23. The largest absolute Gasteiger partial charge is 0.478 e. The average Bonchev–Trinajstić information content (AvgIpc) is 1.96. The maximum absolute atomic E-state index is 12.9. The number of hydrogen-bond donors (Lipinski definition) is 2. The highest BCUT2D eigenvalue weighted by Gasteiger charge is 2.13. The molecule has 0 amide bonds. The molecule has 0 unspecified atom stereocenters. The van der Waals surface area contributed by atoms with Crippen LogP contribution >= 0.6 is 15.9 Å². The second-order valence-electron chi connectivity index (χ2n) is 2.16. The van der Waals surface area contributed by atoms with Crippen molar-refractivity contribution >= 4 is 27.6 Å². The quantitative estimate of drug-likeness (QED) is 0.729. The highest BCUT2D eigenvalue weighted by atomic mass is 79.9. The number of halogens is 2. The Kier molecular flexibility index (Phi) is 2.32. The van der Waals surface area contributed by atoms with E-state index in [1.54, 1.807) is 0 Å². The SMILES string of the molecule is Nc1cc(Br)cc(C(=O)O)c1F. The molecular weight excluding hydrogens is 229 g/mol. The minimum absolute atomic E-state index is 0.179. The van der Waals surface area contributed by atoms with Gasteiger partial charge >= 0.3 is 5.97 Å². The Labute approximate surface area is 76.1 Å². The third-order valence-electron chi connectivity index (χ3n) is 1.30. The highest BCUT2D eigenvalue weighted by molar-refractivity contribution is 9.10. The normalized spacial score (nSPS) is 9.83. The molecule has 0 radical (unpaired) electrons. The van der Waals surface area contributed by atoms with Crippen LogP contribution in [-0.2, 0) is 0 Å². The van der Waals surface area contributed by atoms with Crippen LogP contribution < -0.4 is 5.73 Å². The number of nitrogen functional groups attached to an aromatic ring is 1. The van der Waals surface area contributed by atoms with Crippen LogP contribution in [0.5, 0.6) is 0 Å². The first-order valence-electron chi connectivity index (χ1n) is 3.00. The summed E-state index contributed by atoms with van der Waals surface area (Å²) in [6.45, 7) is 0. The Morgan fingerprint density at radius 3 is 2.67 bits per heavy atom. The van der Waals surface area contributed by atoms with Crippen LogP contribution in [0.15, 0.2) is 16.6 Å². The lowest BCUT2D eigenvalue weighted by Gasteiger charge is -2.01. The number of benzene rings is 1. The molecule has 64 valence electrons. The van der Waals surface area contributed by atoms with E-state index in [2.05, 4.69) is 15.9 Å². The second kappa shape index (κ2) is 3.10. The van der Waals surface area contributed by atoms with Gasteiger partial charge in [0, 0.05) is 4.47 Å².